The highest BCUT2D eigenvalue weighted by atomic mass is 32.2. The third kappa shape index (κ3) is 4.46. The molecule has 4 rings (SSSR count). The van der Waals surface area contributed by atoms with E-state index in [1.54, 1.807) is 30.3 Å². The Labute approximate surface area is 165 Å². The van der Waals surface area contributed by atoms with E-state index in [9.17, 15) is 13.2 Å². The summed E-state index contributed by atoms with van der Waals surface area (Å²) >= 11 is 0. The van der Waals surface area contributed by atoms with Crippen molar-refractivity contribution in [1.29, 1.82) is 0 Å². The number of aromatic nitrogens is 1. The number of amides is 1. The average Bonchev–Trinajstić information content (AvgIpc) is 3.38. The van der Waals surface area contributed by atoms with Gasteiger partial charge in [-0.05, 0) is 61.8 Å². The van der Waals surface area contributed by atoms with Crippen LogP contribution >= 0.6 is 0 Å². The Balaban J connectivity index is 1.39. The fourth-order valence-electron chi connectivity index (χ4n) is 4.01. The van der Waals surface area contributed by atoms with Gasteiger partial charge in [-0.2, -0.15) is 0 Å². The third-order valence-electron chi connectivity index (χ3n) is 5.71. The van der Waals surface area contributed by atoms with Crippen LogP contribution in [0.1, 0.15) is 67.6 Å². The number of carbonyl (C=O) groups excluding carboxylic acids is 1. The predicted octanol–water partition coefficient (Wildman–Crippen LogP) is 4.40. The van der Waals surface area contributed by atoms with Gasteiger partial charge < -0.3 is 9.84 Å². The van der Waals surface area contributed by atoms with E-state index >= 15 is 0 Å². The number of nitrogens with zero attached hydrogens (tertiary/aromatic N) is 1. The lowest BCUT2D eigenvalue weighted by atomic mass is 9.83. The van der Waals surface area contributed by atoms with Gasteiger partial charge in [0.2, 0.25) is 0 Å². The second-order valence-electron chi connectivity index (χ2n) is 8.29. The van der Waals surface area contributed by atoms with Gasteiger partial charge in [0.25, 0.3) is 5.91 Å². The van der Waals surface area contributed by atoms with Gasteiger partial charge in [-0.1, -0.05) is 24.9 Å². The van der Waals surface area contributed by atoms with Crippen molar-refractivity contribution in [3.8, 4) is 0 Å². The van der Waals surface area contributed by atoms with Crippen molar-refractivity contribution in [3.63, 3.8) is 0 Å². The van der Waals surface area contributed by atoms with E-state index in [4.69, 9.17) is 4.52 Å². The molecule has 2 atom stereocenters. The highest BCUT2D eigenvalue weighted by Crippen LogP contribution is 2.40. The SMILES string of the molecule is CC1CCCC(CS(=O)(=O)c2ccc(NC(=O)c3cc(C4CC4)on3)cc2)C1. The highest BCUT2D eigenvalue weighted by molar-refractivity contribution is 7.91. The molecule has 2 unspecified atom stereocenters. The number of sulfone groups is 1. The molecule has 150 valence electrons. The quantitative estimate of drug-likeness (QED) is 0.773. The molecule has 2 aromatic rings. The first-order chi connectivity index (χ1) is 13.4. The second-order valence-corrected chi connectivity index (χ2v) is 10.3. The van der Waals surface area contributed by atoms with Gasteiger partial charge in [-0.25, -0.2) is 8.42 Å². The van der Waals surface area contributed by atoms with Gasteiger partial charge in [0.05, 0.1) is 10.6 Å². The Hall–Kier alpha value is -2.15. The molecule has 0 radical (unpaired) electrons. The maximum Gasteiger partial charge on any atom is 0.277 e. The summed E-state index contributed by atoms with van der Waals surface area (Å²) < 4.78 is 30.7. The van der Waals surface area contributed by atoms with Crippen molar-refractivity contribution >= 4 is 21.4 Å². The lowest BCUT2D eigenvalue weighted by Gasteiger charge is -2.26. The zero-order chi connectivity index (χ0) is 19.7. The minimum Gasteiger partial charge on any atom is -0.360 e. The number of benzene rings is 1. The minimum atomic E-state index is -3.32. The number of anilines is 1. The summed E-state index contributed by atoms with van der Waals surface area (Å²) in [5.74, 6) is 1.83. The summed E-state index contributed by atoms with van der Waals surface area (Å²) in [6.07, 6.45) is 6.42. The summed E-state index contributed by atoms with van der Waals surface area (Å²) in [5.41, 5.74) is 0.774. The monoisotopic (exact) mass is 402 g/mol. The van der Waals surface area contributed by atoms with Crippen molar-refractivity contribution in [2.24, 2.45) is 11.8 Å². The van der Waals surface area contributed by atoms with E-state index in [1.807, 2.05) is 0 Å². The molecule has 2 saturated carbocycles. The fourth-order valence-corrected chi connectivity index (χ4v) is 5.68. The molecule has 1 aromatic carbocycles. The Morgan fingerprint density at radius 1 is 1.18 bits per heavy atom. The van der Waals surface area contributed by atoms with Crippen molar-refractivity contribution in [1.82, 2.24) is 5.16 Å². The van der Waals surface area contributed by atoms with E-state index in [-0.39, 0.29) is 23.3 Å². The molecule has 0 saturated heterocycles. The van der Waals surface area contributed by atoms with Crippen molar-refractivity contribution in [3.05, 3.63) is 41.8 Å². The minimum absolute atomic E-state index is 0.200. The normalized spacial score (nSPS) is 22.8. The summed E-state index contributed by atoms with van der Waals surface area (Å²) in [4.78, 5) is 12.6. The van der Waals surface area contributed by atoms with Gasteiger partial charge >= 0.3 is 0 Å². The Morgan fingerprint density at radius 2 is 1.93 bits per heavy atom. The Kier molecular flexibility index (Phi) is 5.27. The molecule has 2 fully saturated rings. The second kappa shape index (κ2) is 7.70. The number of nitrogens with one attached hydrogen (secondary N) is 1. The van der Waals surface area contributed by atoms with Crippen LogP contribution in [0.15, 0.2) is 39.8 Å². The largest absolute Gasteiger partial charge is 0.360 e. The number of hydrogen-bond donors (Lipinski definition) is 1. The van der Waals surface area contributed by atoms with Crippen LogP contribution in [0.2, 0.25) is 0 Å². The number of hydrogen-bond acceptors (Lipinski definition) is 5. The van der Waals surface area contributed by atoms with Crippen LogP contribution in [-0.2, 0) is 9.84 Å². The zero-order valence-corrected chi connectivity index (χ0v) is 16.9. The van der Waals surface area contributed by atoms with Gasteiger partial charge in [0, 0.05) is 17.7 Å². The fraction of sp³-hybridized carbons (Fsp3) is 0.524. The topological polar surface area (TPSA) is 89.3 Å². The molecule has 1 aromatic heterocycles. The molecule has 1 N–H and O–H groups in total. The maximum absolute atomic E-state index is 12.7. The first kappa shape index (κ1) is 19.2. The lowest BCUT2D eigenvalue weighted by Crippen LogP contribution is -2.22. The maximum atomic E-state index is 12.7. The Bertz CT molecular complexity index is 945. The van der Waals surface area contributed by atoms with E-state index < -0.39 is 9.84 Å². The first-order valence-electron chi connectivity index (χ1n) is 10.0. The molecule has 0 aliphatic heterocycles. The molecule has 2 aliphatic carbocycles. The van der Waals surface area contributed by atoms with Crippen LogP contribution in [0.3, 0.4) is 0 Å². The van der Waals surface area contributed by atoms with Gasteiger partial charge in [0.1, 0.15) is 5.76 Å². The van der Waals surface area contributed by atoms with Crippen LogP contribution in [0.5, 0.6) is 0 Å². The summed E-state index contributed by atoms with van der Waals surface area (Å²) in [7, 11) is -3.32. The molecule has 2 aliphatic rings. The summed E-state index contributed by atoms with van der Waals surface area (Å²) in [5, 5.41) is 6.56. The van der Waals surface area contributed by atoms with Crippen LogP contribution in [-0.4, -0.2) is 25.2 Å². The van der Waals surface area contributed by atoms with Gasteiger partial charge in [-0.3, -0.25) is 4.79 Å². The molecule has 0 bridgehead atoms. The van der Waals surface area contributed by atoms with Crippen LogP contribution < -0.4 is 5.32 Å². The van der Waals surface area contributed by atoms with E-state index in [2.05, 4.69) is 17.4 Å². The number of carbonyl (C=O) groups is 1. The van der Waals surface area contributed by atoms with Crippen LogP contribution in [0.4, 0.5) is 5.69 Å². The van der Waals surface area contributed by atoms with Gasteiger partial charge in [-0.15, -0.1) is 0 Å². The van der Waals surface area contributed by atoms with E-state index in [1.165, 1.54) is 6.42 Å². The Morgan fingerprint density at radius 3 is 2.61 bits per heavy atom. The van der Waals surface area contributed by atoms with E-state index in [0.29, 0.717) is 22.4 Å². The zero-order valence-electron chi connectivity index (χ0n) is 16.1. The van der Waals surface area contributed by atoms with Crippen molar-refractivity contribution in [2.75, 3.05) is 11.1 Å². The first-order valence-corrected chi connectivity index (χ1v) is 11.7. The molecule has 6 nitrogen and oxygen atoms in total. The molecular formula is C21H26N2O4S. The lowest BCUT2D eigenvalue weighted by molar-refractivity contribution is 0.101. The van der Waals surface area contributed by atoms with Crippen molar-refractivity contribution in [2.45, 2.75) is 56.3 Å². The average molecular weight is 403 g/mol. The van der Waals surface area contributed by atoms with Crippen LogP contribution in [0, 0.1) is 11.8 Å². The smallest absolute Gasteiger partial charge is 0.277 e. The summed E-state index contributed by atoms with van der Waals surface area (Å²) in [6.45, 7) is 2.19. The molecule has 1 heterocycles. The third-order valence-corrected chi connectivity index (χ3v) is 7.61. The number of rotatable bonds is 6. The molecule has 0 spiro atoms. The molecule has 28 heavy (non-hydrogen) atoms. The standard InChI is InChI=1S/C21H26N2O4S/c1-14-3-2-4-15(11-14)13-28(25,26)18-9-7-17(8-10-18)22-21(24)19-12-20(27-23-19)16-5-6-16/h7-10,12,14-16H,2-6,11,13H2,1H3,(H,22,24). The molecular weight excluding hydrogens is 376 g/mol. The van der Waals surface area contributed by atoms with E-state index in [0.717, 1.165) is 37.9 Å². The van der Waals surface area contributed by atoms with Crippen molar-refractivity contribution < 1.29 is 17.7 Å². The summed E-state index contributed by atoms with van der Waals surface area (Å²) in [6, 6.07) is 8.05. The highest BCUT2D eigenvalue weighted by Gasteiger charge is 2.29. The molecule has 1 amide bonds. The molecule has 7 heteroatoms. The predicted molar refractivity (Wildman–Crippen MR) is 106 cm³/mol. The van der Waals surface area contributed by atoms with Gasteiger partial charge in [0.15, 0.2) is 15.5 Å². The van der Waals surface area contributed by atoms with Crippen LogP contribution in [0.25, 0.3) is 0 Å².